The van der Waals surface area contributed by atoms with E-state index >= 15 is 0 Å². The van der Waals surface area contributed by atoms with Crippen molar-refractivity contribution in [3.05, 3.63) is 0 Å². The summed E-state index contributed by atoms with van der Waals surface area (Å²) in [5, 5.41) is 16.5. The predicted molar refractivity (Wildman–Crippen MR) is 84.3 cm³/mol. The lowest BCUT2D eigenvalue weighted by Crippen LogP contribution is -2.47. The summed E-state index contributed by atoms with van der Waals surface area (Å²) < 4.78 is 38.5. The molecule has 0 amide bonds. The minimum absolute atomic E-state index is 0.0171. The van der Waals surface area contributed by atoms with Crippen LogP contribution in [0.2, 0.25) is 0 Å². The van der Waals surface area contributed by atoms with Crippen molar-refractivity contribution in [3.63, 3.8) is 0 Å². The van der Waals surface area contributed by atoms with Gasteiger partial charge < -0.3 is 15.7 Å². The first kappa shape index (κ1) is 18.4. The highest BCUT2D eigenvalue weighted by atomic mass is 19.4. The first-order valence-electron chi connectivity index (χ1n) is 8.56. The van der Waals surface area contributed by atoms with E-state index in [1.165, 1.54) is 0 Å². The van der Waals surface area contributed by atoms with Crippen LogP contribution in [0.1, 0.15) is 51.4 Å². The van der Waals surface area contributed by atoms with Crippen LogP contribution >= 0.6 is 0 Å². The van der Waals surface area contributed by atoms with Gasteiger partial charge in [0.25, 0.3) is 0 Å². The predicted octanol–water partition coefficient (Wildman–Crippen LogP) is 2.83. The Hall–Kier alpha value is -0.980. The molecule has 0 saturated heterocycles. The lowest BCUT2D eigenvalue weighted by molar-refractivity contribution is -0.185. The number of nitrogens with zero attached hydrogens (tertiary/aromatic N) is 1. The van der Waals surface area contributed by atoms with Crippen LogP contribution in [0.5, 0.6) is 0 Å². The number of aliphatic imine (C=N–C) groups is 1. The summed E-state index contributed by atoms with van der Waals surface area (Å²) in [6.45, 7) is 0.924. The van der Waals surface area contributed by atoms with E-state index < -0.39 is 17.7 Å². The molecule has 2 saturated carbocycles. The van der Waals surface area contributed by atoms with E-state index in [9.17, 15) is 18.3 Å². The third kappa shape index (κ3) is 5.55. The van der Waals surface area contributed by atoms with Gasteiger partial charge in [-0.25, -0.2) is 0 Å². The second kappa shape index (κ2) is 7.73. The van der Waals surface area contributed by atoms with Crippen molar-refractivity contribution < 1.29 is 18.3 Å². The Morgan fingerprint density at radius 3 is 2.48 bits per heavy atom. The Bertz CT molecular complexity index is 406. The zero-order valence-electron chi connectivity index (χ0n) is 13.8. The van der Waals surface area contributed by atoms with Crippen molar-refractivity contribution in [1.29, 1.82) is 0 Å². The Kier molecular flexibility index (Phi) is 6.17. The van der Waals surface area contributed by atoms with Crippen molar-refractivity contribution in [2.24, 2.45) is 16.8 Å². The topological polar surface area (TPSA) is 56.7 Å². The summed E-state index contributed by atoms with van der Waals surface area (Å²) >= 11 is 0. The number of rotatable bonds is 4. The normalized spacial score (nSPS) is 28.7. The van der Waals surface area contributed by atoms with Gasteiger partial charge in [-0.15, -0.1) is 0 Å². The third-order valence-electron chi connectivity index (χ3n) is 5.15. The van der Waals surface area contributed by atoms with Crippen molar-refractivity contribution >= 4 is 5.96 Å². The van der Waals surface area contributed by atoms with Crippen molar-refractivity contribution in [3.8, 4) is 0 Å². The van der Waals surface area contributed by atoms with Crippen molar-refractivity contribution in [1.82, 2.24) is 10.6 Å². The number of nitrogens with one attached hydrogen (secondary N) is 2. The molecule has 0 radical (unpaired) electrons. The van der Waals surface area contributed by atoms with Gasteiger partial charge in [0.1, 0.15) is 0 Å². The third-order valence-corrected chi connectivity index (χ3v) is 5.15. The highest BCUT2D eigenvalue weighted by molar-refractivity contribution is 5.79. The maximum Gasteiger partial charge on any atom is 0.391 e. The van der Waals surface area contributed by atoms with Crippen molar-refractivity contribution in [2.45, 2.75) is 63.1 Å². The first-order chi connectivity index (χ1) is 10.8. The number of hydrogen-bond donors (Lipinski definition) is 3. The Balaban J connectivity index is 1.74. The van der Waals surface area contributed by atoms with Crippen LogP contribution in [0.25, 0.3) is 0 Å². The van der Waals surface area contributed by atoms with Crippen LogP contribution in [0.15, 0.2) is 4.99 Å². The lowest BCUT2D eigenvalue weighted by atomic mass is 9.81. The molecule has 0 spiro atoms. The van der Waals surface area contributed by atoms with Crippen LogP contribution in [0.3, 0.4) is 0 Å². The van der Waals surface area contributed by atoms with Crippen LogP contribution in [0, 0.1) is 11.8 Å². The molecular formula is C16H28F3N3O. The molecule has 4 nitrogen and oxygen atoms in total. The van der Waals surface area contributed by atoms with E-state index in [1.54, 1.807) is 7.05 Å². The molecule has 0 aromatic carbocycles. The maximum atomic E-state index is 12.8. The number of guanidine groups is 1. The van der Waals surface area contributed by atoms with E-state index in [0.29, 0.717) is 25.5 Å². The number of halogens is 3. The molecule has 7 heteroatoms. The van der Waals surface area contributed by atoms with Gasteiger partial charge >= 0.3 is 6.18 Å². The van der Waals surface area contributed by atoms with E-state index in [2.05, 4.69) is 15.6 Å². The van der Waals surface area contributed by atoms with E-state index in [1.807, 2.05) is 0 Å². The fourth-order valence-electron chi connectivity index (χ4n) is 3.69. The first-order valence-corrected chi connectivity index (χ1v) is 8.56. The number of alkyl halides is 3. The number of aliphatic hydroxyl groups is 1. The van der Waals surface area contributed by atoms with Gasteiger partial charge in [0, 0.05) is 20.1 Å². The van der Waals surface area contributed by atoms with E-state index in [4.69, 9.17) is 0 Å². The summed E-state index contributed by atoms with van der Waals surface area (Å²) in [5.41, 5.74) is -0.677. The second-order valence-electron chi connectivity index (χ2n) is 7.01. The largest absolute Gasteiger partial charge is 0.391 e. The van der Waals surface area contributed by atoms with Crippen molar-refractivity contribution in [2.75, 3.05) is 20.1 Å². The smallest absolute Gasteiger partial charge is 0.388 e. The Morgan fingerprint density at radius 1 is 1.17 bits per heavy atom. The highest BCUT2D eigenvalue weighted by Gasteiger charge is 2.42. The summed E-state index contributed by atoms with van der Waals surface area (Å²) in [6, 6.07) is 0. The second-order valence-corrected chi connectivity index (χ2v) is 7.01. The summed E-state index contributed by atoms with van der Waals surface area (Å²) in [4.78, 5) is 4.09. The zero-order chi connectivity index (χ0) is 16.9. The highest BCUT2D eigenvalue weighted by Crippen LogP contribution is 2.39. The zero-order valence-corrected chi connectivity index (χ0v) is 13.8. The molecule has 134 valence electrons. The molecule has 2 fully saturated rings. The molecule has 0 aromatic rings. The van der Waals surface area contributed by atoms with Gasteiger partial charge in [0.2, 0.25) is 0 Å². The average Bonchev–Trinajstić information content (AvgIpc) is 2.94. The fourth-order valence-corrected chi connectivity index (χ4v) is 3.69. The molecule has 0 heterocycles. The van der Waals surface area contributed by atoms with Crippen LogP contribution in [-0.2, 0) is 0 Å². The minimum atomic E-state index is -4.08. The fraction of sp³-hybridized carbons (Fsp3) is 0.938. The molecule has 0 bridgehead atoms. The molecule has 23 heavy (non-hydrogen) atoms. The minimum Gasteiger partial charge on any atom is -0.388 e. The molecule has 2 atom stereocenters. The van der Waals surface area contributed by atoms with Gasteiger partial charge in [-0.2, -0.15) is 13.2 Å². The monoisotopic (exact) mass is 335 g/mol. The van der Waals surface area contributed by atoms with Crippen LogP contribution < -0.4 is 10.6 Å². The molecule has 0 aliphatic heterocycles. The quantitative estimate of drug-likeness (QED) is 0.547. The molecule has 0 aromatic heterocycles. The van der Waals surface area contributed by atoms with E-state index in [0.717, 1.165) is 32.1 Å². The van der Waals surface area contributed by atoms with E-state index in [-0.39, 0.29) is 18.8 Å². The van der Waals surface area contributed by atoms with Gasteiger partial charge in [0.05, 0.1) is 11.5 Å². The summed E-state index contributed by atoms with van der Waals surface area (Å²) in [5.74, 6) is -0.597. The van der Waals surface area contributed by atoms with Crippen LogP contribution in [0.4, 0.5) is 13.2 Å². The molecule has 2 rings (SSSR count). The Morgan fingerprint density at radius 2 is 1.87 bits per heavy atom. The molecule has 2 aliphatic carbocycles. The van der Waals surface area contributed by atoms with Gasteiger partial charge in [-0.3, -0.25) is 4.99 Å². The maximum absolute atomic E-state index is 12.8. The SMILES string of the molecule is CN=C(NCC1CCCC(C(F)(F)F)C1)NCC1(O)CCCC1. The van der Waals surface area contributed by atoms with Gasteiger partial charge in [-0.05, 0) is 38.0 Å². The molecule has 2 aliphatic rings. The lowest BCUT2D eigenvalue weighted by Gasteiger charge is -2.31. The molecular weight excluding hydrogens is 307 g/mol. The van der Waals surface area contributed by atoms with Crippen LogP contribution in [-0.4, -0.2) is 43.0 Å². The Labute approximate surface area is 135 Å². The van der Waals surface area contributed by atoms with Gasteiger partial charge in [0.15, 0.2) is 5.96 Å². The van der Waals surface area contributed by atoms with Gasteiger partial charge in [-0.1, -0.05) is 19.3 Å². The summed E-state index contributed by atoms with van der Waals surface area (Å²) in [6.07, 6.45) is 1.45. The summed E-state index contributed by atoms with van der Waals surface area (Å²) in [7, 11) is 1.63. The number of hydrogen-bond acceptors (Lipinski definition) is 2. The standard InChI is InChI=1S/C16H28F3N3O/c1-20-14(22-11-15(23)7-2-3-8-15)21-10-12-5-4-6-13(9-12)16(17,18)19/h12-13,23H,2-11H2,1H3,(H2,20,21,22). The molecule has 2 unspecified atom stereocenters. The molecule has 3 N–H and O–H groups in total. The average molecular weight is 335 g/mol.